The number of likely N-dealkylation sites (tertiary alicyclic amines) is 1. The van der Waals surface area contributed by atoms with Crippen LogP contribution < -0.4 is 0 Å². The van der Waals surface area contributed by atoms with Gasteiger partial charge in [-0.05, 0) is 45.2 Å². The highest BCUT2D eigenvalue weighted by Gasteiger charge is 2.29. The van der Waals surface area contributed by atoms with Gasteiger partial charge in [-0.3, -0.25) is 4.79 Å². The molecule has 0 aromatic carbocycles. The number of esters is 1. The van der Waals surface area contributed by atoms with Crippen LogP contribution in [0.4, 0.5) is 12.9 Å². The maximum Gasteiger partial charge on any atom is 0.492 e. The Kier molecular flexibility index (Phi) is 5.30. The number of hydrogen-bond donors (Lipinski definition) is 0. The Morgan fingerprint density at radius 3 is 2.41 bits per heavy atom. The second kappa shape index (κ2) is 6.28. The third-order valence-electron chi connectivity index (χ3n) is 2.93. The van der Waals surface area contributed by atoms with Gasteiger partial charge >= 0.3 is 12.9 Å². The molecule has 0 atom stereocenters. The van der Waals surface area contributed by atoms with Crippen molar-refractivity contribution in [2.24, 2.45) is 5.92 Å². The van der Waals surface area contributed by atoms with Crippen LogP contribution in [0.5, 0.6) is 0 Å². The predicted molar refractivity (Wildman–Crippen MR) is 59.5 cm³/mol. The molecular formula is C10H18BF3NO2-. The second-order valence-electron chi connectivity index (χ2n) is 4.46. The molecule has 0 unspecified atom stereocenters. The Labute approximate surface area is 99.4 Å². The molecule has 0 N–H and O–H groups in total. The van der Waals surface area contributed by atoms with Crippen LogP contribution >= 0.6 is 0 Å². The monoisotopic (exact) mass is 252 g/mol. The molecular weight excluding hydrogens is 234 g/mol. The maximum absolute atomic E-state index is 12.2. The number of piperidine rings is 1. The van der Waals surface area contributed by atoms with Gasteiger partial charge in [-0.2, -0.15) is 0 Å². The van der Waals surface area contributed by atoms with E-state index < -0.39 is 13.4 Å². The van der Waals surface area contributed by atoms with Crippen molar-refractivity contribution in [2.45, 2.75) is 26.2 Å². The summed E-state index contributed by atoms with van der Waals surface area (Å²) in [7, 11) is 0. The van der Waals surface area contributed by atoms with E-state index in [1.165, 1.54) is 4.90 Å². The van der Waals surface area contributed by atoms with Crippen molar-refractivity contribution in [3.05, 3.63) is 0 Å². The fourth-order valence-corrected chi connectivity index (χ4v) is 2.12. The molecule has 0 aromatic heterocycles. The highest BCUT2D eigenvalue weighted by atomic mass is 19.4. The summed E-state index contributed by atoms with van der Waals surface area (Å²) in [6, 6.07) is 0. The Bertz CT molecular complexity index is 252. The number of nitrogens with zero attached hydrogens (tertiary/aromatic N) is 1. The van der Waals surface area contributed by atoms with Gasteiger partial charge < -0.3 is 22.6 Å². The summed E-state index contributed by atoms with van der Waals surface area (Å²) in [5, 5.41) is 0. The minimum atomic E-state index is -4.74. The van der Waals surface area contributed by atoms with Gasteiger partial charge in [0.05, 0.1) is 6.61 Å². The van der Waals surface area contributed by atoms with Crippen molar-refractivity contribution in [1.29, 1.82) is 0 Å². The van der Waals surface area contributed by atoms with E-state index in [4.69, 9.17) is 4.74 Å². The van der Waals surface area contributed by atoms with E-state index in [9.17, 15) is 17.7 Å². The van der Waals surface area contributed by atoms with Crippen LogP contribution in [0.2, 0.25) is 0 Å². The molecule has 0 saturated carbocycles. The van der Waals surface area contributed by atoms with E-state index in [2.05, 4.69) is 0 Å². The van der Waals surface area contributed by atoms with Gasteiger partial charge in [0, 0.05) is 6.42 Å². The quantitative estimate of drug-likeness (QED) is 0.554. The van der Waals surface area contributed by atoms with Gasteiger partial charge in [0.2, 0.25) is 0 Å². The summed E-state index contributed by atoms with van der Waals surface area (Å²) >= 11 is 0. The number of hydrogen-bond acceptors (Lipinski definition) is 3. The summed E-state index contributed by atoms with van der Waals surface area (Å²) in [4.78, 5) is 12.6. The van der Waals surface area contributed by atoms with Crippen LogP contribution in [0.3, 0.4) is 0 Å². The van der Waals surface area contributed by atoms with Gasteiger partial charge in [0.1, 0.15) is 0 Å². The number of halogens is 3. The molecule has 17 heavy (non-hydrogen) atoms. The lowest BCUT2D eigenvalue weighted by atomic mass is 9.87. The number of ether oxygens (including phenoxy) is 1. The molecule has 0 spiro atoms. The van der Waals surface area contributed by atoms with Crippen molar-refractivity contribution in [1.82, 2.24) is 4.90 Å². The molecule has 0 aliphatic carbocycles. The van der Waals surface area contributed by atoms with E-state index in [-0.39, 0.29) is 11.9 Å². The lowest BCUT2D eigenvalue weighted by Crippen LogP contribution is -2.42. The van der Waals surface area contributed by atoms with Gasteiger partial charge in [-0.15, -0.1) is 0 Å². The van der Waals surface area contributed by atoms with Crippen LogP contribution in [0.25, 0.3) is 0 Å². The van der Waals surface area contributed by atoms with Crippen molar-refractivity contribution < 1.29 is 22.5 Å². The summed E-state index contributed by atoms with van der Waals surface area (Å²) in [5.41, 5.74) is 0. The van der Waals surface area contributed by atoms with Gasteiger partial charge in [-0.25, -0.2) is 0 Å². The van der Waals surface area contributed by atoms with Crippen LogP contribution in [0, 0.1) is 5.92 Å². The average molecular weight is 252 g/mol. The first-order valence-electron chi connectivity index (χ1n) is 5.99. The molecule has 1 rings (SSSR count). The van der Waals surface area contributed by atoms with Crippen LogP contribution in [-0.4, -0.2) is 44.0 Å². The van der Waals surface area contributed by atoms with Crippen molar-refractivity contribution >= 4 is 12.9 Å². The van der Waals surface area contributed by atoms with Crippen molar-refractivity contribution in [3.8, 4) is 0 Å². The molecule has 1 aliphatic heterocycles. The van der Waals surface area contributed by atoms with Crippen molar-refractivity contribution in [2.75, 3.05) is 26.1 Å². The molecule has 3 nitrogen and oxygen atoms in total. The molecule has 1 aliphatic rings. The zero-order valence-corrected chi connectivity index (χ0v) is 10.0. The Hall–Kier alpha value is -0.715. The fraction of sp³-hybridized carbons (Fsp3) is 0.900. The molecule has 0 radical (unpaired) electrons. The topological polar surface area (TPSA) is 29.5 Å². The molecule has 0 bridgehead atoms. The van der Waals surface area contributed by atoms with Crippen LogP contribution in [0.15, 0.2) is 0 Å². The van der Waals surface area contributed by atoms with Crippen molar-refractivity contribution in [3.63, 3.8) is 0 Å². The number of rotatable bonds is 5. The summed E-state index contributed by atoms with van der Waals surface area (Å²) in [6.45, 7) is -1.80. The minimum absolute atomic E-state index is 0.172. The zero-order valence-electron chi connectivity index (χ0n) is 10.0. The third kappa shape index (κ3) is 5.95. The number of carbonyl (C=O) groups is 1. The van der Waals surface area contributed by atoms with E-state index in [0.29, 0.717) is 39.0 Å². The average Bonchev–Trinajstić information content (AvgIpc) is 2.19. The standard InChI is InChI=1S/C10H18BF3NO2/c1-2-17-10(16)7-9-3-5-15(6-4-9)8-11(12,13)14/h9H,2-8H2,1H3/q-1. The van der Waals surface area contributed by atoms with E-state index in [1.54, 1.807) is 6.92 Å². The van der Waals surface area contributed by atoms with E-state index in [0.717, 1.165) is 0 Å². The van der Waals surface area contributed by atoms with E-state index >= 15 is 0 Å². The molecule has 1 saturated heterocycles. The number of carbonyl (C=O) groups excluding carboxylic acids is 1. The SMILES string of the molecule is CCOC(=O)CC1CCN(C[B-](F)(F)F)CC1. The van der Waals surface area contributed by atoms with E-state index in [1.807, 2.05) is 0 Å². The first kappa shape index (κ1) is 14.3. The summed E-state index contributed by atoms with van der Waals surface area (Å²) < 4.78 is 41.4. The highest BCUT2D eigenvalue weighted by molar-refractivity contribution is 6.58. The third-order valence-corrected chi connectivity index (χ3v) is 2.93. The summed E-state index contributed by atoms with van der Waals surface area (Å²) in [5.74, 6) is -0.0722. The van der Waals surface area contributed by atoms with Crippen LogP contribution in [0.1, 0.15) is 26.2 Å². The Morgan fingerprint density at radius 1 is 1.35 bits per heavy atom. The zero-order chi connectivity index (χ0) is 12.9. The second-order valence-corrected chi connectivity index (χ2v) is 4.46. The lowest BCUT2D eigenvalue weighted by Gasteiger charge is -2.34. The van der Waals surface area contributed by atoms with Gasteiger partial charge in [0.15, 0.2) is 0 Å². The predicted octanol–water partition coefficient (Wildman–Crippen LogP) is 2.04. The molecule has 1 fully saturated rings. The maximum atomic E-state index is 12.2. The first-order valence-corrected chi connectivity index (χ1v) is 5.99. The Morgan fingerprint density at radius 2 is 1.94 bits per heavy atom. The molecule has 0 amide bonds. The lowest BCUT2D eigenvalue weighted by molar-refractivity contribution is -0.144. The fourth-order valence-electron chi connectivity index (χ4n) is 2.12. The highest BCUT2D eigenvalue weighted by Crippen LogP contribution is 2.22. The largest absolute Gasteiger partial charge is 0.492 e. The minimum Gasteiger partial charge on any atom is -0.466 e. The summed E-state index contributed by atoms with van der Waals surface area (Å²) in [6.07, 6.45) is 0.834. The first-order chi connectivity index (χ1) is 7.90. The van der Waals surface area contributed by atoms with Gasteiger partial charge in [-0.1, -0.05) is 0 Å². The normalized spacial score (nSPS) is 19.3. The molecule has 100 valence electrons. The Balaban J connectivity index is 2.24. The molecule has 1 heterocycles. The smallest absolute Gasteiger partial charge is 0.466 e. The molecule has 0 aromatic rings. The van der Waals surface area contributed by atoms with Gasteiger partial charge in [0.25, 0.3) is 0 Å². The van der Waals surface area contributed by atoms with Crippen LogP contribution in [-0.2, 0) is 9.53 Å². The molecule has 7 heteroatoms.